The third kappa shape index (κ3) is 15.1. The first-order valence-corrected chi connectivity index (χ1v) is 16.5. The fourth-order valence-electron chi connectivity index (χ4n) is 5.29. The number of hydrogen-bond donors (Lipinski definition) is 1. The maximum absolute atomic E-state index is 11.5. The lowest BCUT2D eigenvalue weighted by atomic mass is 9.88. The number of aliphatic hydroxyl groups excluding tert-OH is 1. The second kappa shape index (κ2) is 20.3. The van der Waals surface area contributed by atoms with Gasteiger partial charge in [0.1, 0.15) is 31.7 Å². The molecule has 0 aliphatic carbocycles. The first-order chi connectivity index (χ1) is 20.9. The Morgan fingerprint density at radius 3 is 2.26 bits per heavy atom. The number of rotatable bonds is 24. The second-order valence-corrected chi connectivity index (χ2v) is 12.0. The van der Waals surface area contributed by atoms with Crippen LogP contribution in [0.1, 0.15) is 114 Å². The van der Waals surface area contributed by atoms with Crippen LogP contribution in [0.4, 0.5) is 0 Å². The standard InChI is InChI=1S/C37H54O6/c1-4-5-6-8-12-18-32(33-20-22-35(23-21-33)40-26-34(38)27-43-37(39)29(2)3)19-13-10-7-9-11-15-30-16-14-17-31(24-30)25-41-36-28-42-36/h14,16-17,20-24,32,34,36,38H,2,4-13,15,18-19,25-28H2,1,3H3. The molecular weight excluding hydrogens is 540 g/mol. The monoisotopic (exact) mass is 594 g/mol. The summed E-state index contributed by atoms with van der Waals surface area (Å²) in [6.45, 7) is 8.71. The molecule has 0 radical (unpaired) electrons. The van der Waals surface area contributed by atoms with Crippen molar-refractivity contribution in [3.63, 3.8) is 0 Å². The lowest BCUT2D eigenvalue weighted by Crippen LogP contribution is -2.25. The third-order valence-electron chi connectivity index (χ3n) is 7.95. The molecule has 1 fully saturated rings. The molecule has 3 unspecified atom stereocenters. The number of hydrogen-bond acceptors (Lipinski definition) is 6. The summed E-state index contributed by atoms with van der Waals surface area (Å²) in [5.41, 5.74) is 4.31. The van der Waals surface area contributed by atoms with Crippen LogP contribution in [0.15, 0.2) is 60.7 Å². The van der Waals surface area contributed by atoms with E-state index in [1.54, 1.807) is 6.92 Å². The molecule has 1 saturated heterocycles. The lowest BCUT2D eigenvalue weighted by Gasteiger charge is -2.19. The number of epoxide rings is 1. The fourth-order valence-corrected chi connectivity index (χ4v) is 5.29. The van der Waals surface area contributed by atoms with Crippen LogP contribution in [-0.2, 0) is 32.0 Å². The van der Waals surface area contributed by atoms with Gasteiger partial charge in [-0.25, -0.2) is 4.79 Å². The number of carbonyl (C=O) groups is 1. The average molecular weight is 595 g/mol. The number of aryl methyl sites for hydroxylation is 1. The second-order valence-electron chi connectivity index (χ2n) is 12.0. The number of aliphatic hydroxyl groups is 1. The molecular formula is C37H54O6. The van der Waals surface area contributed by atoms with Gasteiger partial charge in [-0.2, -0.15) is 0 Å². The summed E-state index contributed by atoms with van der Waals surface area (Å²) >= 11 is 0. The highest BCUT2D eigenvalue weighted by atomic mass is 16.8. The molecule has 238 valence electrons. The zero-order valence-electron chi connectivity index (χ0n) is 26.6. The highest BCUT2D eigenvalue weighted by molar-refractivity contribution is 5.86. The number of carbonyl (C=O) groups excluding carboxylic acids is 1. The maximum atomic E-state index is 11.5. The van der Waals surface area contributed by atoms with Gasteiger partial charge in [-0.05, 0) is 67.3 Å². The van der Waals surface area contributed by atoms with Gasteiger partial charge in [0.25, 0.3) is 0 Å². The molecule has 2 aromatic rings. The number of ether oxygens (including phenoxy) is 4. The Kier molecular flexibility index (Phi) is 16.5. The van der Waals surface area contributed by atoms with E-state index in [9.17, 15) is 9.90 Å². The molecule has 1 aliphatic rings. The SMILES string of the molecule is C=C(C)C(=O)OCC(O)COc1ccc(C(CCCCCCC)CCCCCCCc2cccc(COC3CO3)c2)cc1. The number of esters is 1. The molecule has 1 N–H and O–H groups in total. The topological polar surface area (TPSA) is 77.5 Å². The summed E-state index contributed by atoms with van der Waals surface area (Å²) in [5, 5.41) is 10.1. The van der Waals surface area contributed by atoms with Gasteiger partial charge >= 0.3 is 5.97 Å². The largest absolute Gasteiger partial charge is 0.491 e. The summed E-state index contributed by atoms with van der Waals surface area (Å²) in [6, 6.07) is 17.1. The fraction of sp³-hybridized carbons (Fsp3) is 0.595. The number of unbranched alkanes of at least 4 members (excludes halogenated alkanes) is 8. The van der Waals surface area contributed by atoms with Gasteiger partial charge in [0.2, 0.25) is 0 Å². The van der Waals surface area contributed by atoms with Crippen LogP contribution < -0.4 is 4.74 Å². The molecule has 0 aromatic heterocycles. The summed E-state index contributed by atoms with van der Waals surface area (Å²) in [7, 11) is 0. The van der Waals surface area contributed by atoms with Gasteiger partial charge in [0.05, 0.1) is 6.61 Å². The summed E-state index contributed by atoms with van der Waals surface area (Å²) in [6.07, 6.45) is 15.5. The lowest BCUT2D eigenvalue weighted by molar-refractivity contribution is -0.142. The Morgan fingerprint density at radius 2 is 1.58 bits per heavy atom. The predicted molar refractivity (Wildman–Crippen MR) is 172 cm³/mol. The molecule has 2 aromatic carbocycles. The third-order valence-corrected chi connectivity index (χ3v) is 7.95. The van der Waals surface area contributed by atoms with E-state index in [2.05, 4.69) is 49.9 Å². The van der Waals surface area contributed by atoms with Crippen molar-refractivity contribution in [2.24, 2.45) is 0 Å². The summed E-state index contributed by atoms with van der Waals surface area (Å²) < 4.78 is 21.5. The molecule has 6 nitrogen and oxygen atoms in total. The van der Waals surface area contributed by atoms with E-state index in [0.717, 1.165) is 13.0 Å². The molecule has 43 heavy (non-hydrogen) atoms. The van der Waals surface area contributed by atoms with Gasteiger partial charge in [-0.15, -0.1) is 0 Å². The molecule has 1 aliphatic heterocycles. The minimum absolute atomic E-state index is 0.00968. The average Bonchev–Trinajstić information content (AvgIpc) is 3.85. The molecule has 3 atom stereocenters. The van der Waals surface area contributed by atoms with Crippen molar-refractivity contribution < 1.29 is 28.8 Å². The van der Waals surface area contributed by atoms with Crippen LogP contribution in [-0.4, -0.2) is 43.3 Å². The molecule has 0 amide bonds. The van der Waals surface area contributed by atoms with Crippen molar-refractivity contribution in [1.29, 1.82) is 0 Å². The Balaban J connectivity index is 1.37. The van der Waals surface area contributed by atoms with Gasteiger partial charge in [-0.3, -0.25) is 0 Å². The zero-order chi connectivity index (χ0) is 30.7. The smallest absolute Gasteiger partial charge is 0.333 e. The normalized spacial score (nSPS) is 15.6. The van der Waals surface area contributed by atoms with Crippen molar-refractivity contribution in [2.45, 2.75) is 122 Å². The van der Waals surface area contributed by atoms with Gasteiger partial charge in [-0.1, -0.05) is 108 Å². The minimum atomic E-state index is -0.883. The quantitative estimate of drug-likeness (QED) is 0.0569. The van der Waals surface area contributed by atoms with E-state index in [-0.39, 0.29) is 19.5 Å². The summed E-state index contributed by atoms with van der Waals surface area (Å²) in [5.74, 6) is 0.774. The maximum Gasteiger partial charge on any atom is 0.333 e. The van der Waals surface area contributed by atoms with E-state index >= 15 is 0 Å². The minimum Gasteiger partial charge on any atom is -0.491 e. The van der Waals surface area contributed by atoms with Gasteiger partial charge in [0, 0.05) is 5.57 Å². The van der Waals surface area contributed by atoms with Gasteiger partial charge < -0.3 is 24.1 Å². The molecule has 3 rings (SSSR count). The van der Waals surface area contributed by atoms with Crippen LogP contribution in [0.2, 0.25) is 0 Å². The van der Waals surface area contributed by atoms with Crippen LogP contribution in [0, 0.1) is 0 Å². The first kappa shape index (κ1) is 34.8. The predicted octanol–water partition coefficient (Wildman–Crippen LogP) is 8.45. The Labute approximate surface area is 259 Å². The van der Waals surface area contributed by atoms with Crippen molar-refractivity contribution in [1.82, 2.24) is 0 Å². The van der Waals surface area contributed by atoms with Crippen LogP contribution in [0.5, 0.6) is 5.75 Å². The summed E-state index contributed by atoms with van der Waals surface area (Å²) in [4.78, 5) is 11.5. The molecule has 1 heterocycles. The Morgan fingerprint density at radius 1 is 0.930 bits per heavy atom. The highest BCUT2D eigenvalue weighted by Crippen LogP contribution is 2.30. The molecule has 0 saturated carbocycles. The van der Waals surface area contributed by atoms with Crippen molar-refractivity contribution in [3.8, 4) is 5.75 Å². The van der Waals surface area contributed by atoms with Crippen molar-refractivity contribution >= 4 is 5.97 Å². The van der Waals surface area contributed by atoms with Crippen molar-refractivity contribution in [2.75, 3.05) is 19.8 Å². The number of benzene rings is 2. The Hall–Kier alpha value is -2.67. The van der Waals surface area contributed by atoms with E-state index in [0.29, 0.717) is 23.8 Å². The van der Waals surface area contributed by atoms with Gasteiger partial charge in [0.15, 0.2) is 6.29 Å². The zero-order valence-corrected chi connectivity index (χ0v) is 26.6. The van der Waals surface area contributed by atoms with Crippen LogP contribution >= 0.6 is 0 Å². The first-order valence-electron chi connectivity index (χ1n) is 16.5. The molecule has 0 spiro atoms. The van der Waals surface area contributed by atoms with E-state index in [1.807, 2.05) is 12.1 Å². The highest BCUT2D eigenvalue weighted by Gasteiger charge is 2.22. The van der Waals surface area contributed by atoms with E-state index < -0.39 is 12.1 Å². The Bertz CT molecular complexity index is 1060. The van der Waals surface area contributed by atoms with Crippen LogP contribution in [0.3, 0.4) is 0 Å². The molecule has 6 heteroatoms. The van der Waals surface area contributed by atoms with Crippen molar-refractivity contribution in [3.05, 3.63) is 77.4 Å². The van der Waals surface area contributed by atoms with E-state index in [4.69, 9.17) is 18.9 Å². The molecule has 0 bridgehead atoms. The van der Waals surface area contributed by atoms with E-state index in [1.165, 1.54) is 93.7 Å². The van der Waals surface area contributed by atoms with Crippen LogP contribution in [0.25, 0.3) is 0 Å².